The van der Waals surface area contributed by atoms with Gasteiger partial charge in [0.25, 0.3) is 0 Å². The molecule has 0 heterocycles. The summed E-state index contributed by atoms with van der Waals surface area (Å²) < 4.78 is 82.0. The molecule has 0 amide bonds. The second-order valence-corrected chi connectivity index (χ2v) is 4.35. The first-order valence-corrected chi connectivity index (χ1v) is 5.90. The summed E-state index contributed by atoms with van der Waals surface area (Å²) in [6, 6.07) is 8.66. The van der Waals surface area contributed by atoms with Gasteiger partial charge in [-0.25, -0.2) is 0 Å². The van der Waals surface area contributed by atoms with Crippen LogP contribution in [0.2, 0.25) is 0 Å². The normalized spacial score (nSPS) is 12.3. The van der Waals surface area contributed by atoms with Crippen molar-refractivity contribution in [3.05, 3.63) is 53.6 Å². The van der Waals surface area contributed by atoms with Crippen LogP contribution in [0.3, 0.4) is 0 Å². The molecule has 22 heavy (non-hydrogen) atoms. The number of anilines is 1. The molecule has 2 N–H and O–H groups in total. The van der Waals surface area contributed by atoms with Gasteiger partial charge in [-0.1, -0.05) is 18.2 Å². The molecule has 0 unspecified atom stereocenters. The topological polar surface area (TPSA) is 35.2 Å². The quantitative estimate of drug-likeness (QED) is 0.617. The Morgan fingerprint density at radius 1 is 0.773 bits per heavy atom. The van der Waals surface area contributed by atoms with Gasteiger partial charge in [-0.15, -0.1) is 0 Å². The number of nitrogens with two attached hydrogens (primary N) is 1. The van der Waals surface area contributed by atoms with Crippen molar-refractivity contribution in [2.45, 2.75) is 12.4 Å². The van der Waals surface area contributed by atoms with Crippen LogP contribution >= 0.6 is 0 Å². The van der Waals surface area contributed by atoms with Crippen LogP contribution in [-0.2, 0) is 12.4 Å². The summed E-state index contributed by atoms with van der Waals surface area (Å²) in [4.78, 5) is 0. The van der Waals surface area contributed by atoms with Gasteiger partial charge in [0.05, 0.1) is 11.1 Å². The largest absolute Gasteiger partial charge is 0.457 e. The van der Waals surface area contributed by atoms with Gasteiger partial charge >= 0.3 is 12.4 Å². The van der Waals surface area contributed by atoms with Crippen LogP contribution in [0.15, 0.2) is 42.5 Å². The minimum absolute atomic E-state index is 0.176. The van der Waals surface area contributed by atoms with E-state index in [0.717, 1.165) is 0 Å². The summed E-state index contributed by atoms with van der Waals surface area (Å²) in [5, 5.41) is 0. The molecule has 0 aliphatic heterocycles. The van der Waals surface area contributed by atoms with Gasteiger partial charge in [-0.3, -0.25) is 0 Å². The third-order valence-electron chi connectivity index (χ3n) is 2.71. The molecule has 2 rings (SSSR count). The van der Waals surface area contributed by atoms with Crippen LogP contribution in [0.1, 0.15) is 11.1 Å². The standard InChI is InChI=1S/C14H9F6NO/c15-13(16,17)10-6-9(22-8-4-2-1-3-5-8)7-11(21)12(10)14(18,19)20/h1-7H,21H2. The van der Waals surface area contributed by atoms with Gasteiger partial charge < -0.3 is 10.5 Å². The third kappa shape index (κ3) is 3.44. The molecule has 0 bridgehead atoms. The SMILES string of the molecule is Nc1cc(Oc2ccccc2)cc(C(F)(F)F)c1C(F)(F)F. The number of hydrogen-bond acceptors (Lipinski definition) is 2. The second kappa shape index (κ2) is 5.43. The Hall–Kier alpha value is -2.38. The summed E-state index contributed by atoms with van der Waals surface area (Å²) in [6.07, 6.45) is -10.4. The van der Waals surface area contributed by atoms with E-state index >= 15 is 0 Å². The first-order valence-electron chi connectivity index (χ1n) is 5.90. The van der Waals surface area contributed by atoms with Crippen LogP contribution in [0.4, 0.5) is 32.0 Å². The van der Waals surface area contributed by atoms with E-state index in [1.807, 2.05) is 0 Å². The fraction of sp³-hybridized carbons (Fsp3) is 0.143. The first kappa shape index (κ1) is 16.0. The average Bonchev–Trinajstić information content (AvgIpc) is 2.36. The zero-order valence-electron chi connectivity index (χ0n) is 10.8. The lowest BCUT2D eigenvalue weighted by Crippen LogP contribution is -2.18. The Balaban J connectivity index is 2.54. The molecule has 0 aliphatic carbocycles. The summed E-state index contributed by atoms with van der Waals surface area (Å²) >= 11 is 0. The molecule has 0 radical (unpaired) electrons. The van der Waals surface area contributed by atoms with Crippen LogP contribution in [-0.4, -0.2) is 0 Å². The number of benzene rings is 2. The molecule has 0 aliphatic rings. The highest BCUT2D eigenvalue weighted by atomic mass is 19.4. The molecule has 2 nitrogen and oxygen atoms in total. The predicted molar refractivity (Wildman–Crippen MR) is 67.4 cm³/mol. The number of hydrogen-bond donors (Lipinski definition) is 1. The number of nitrogen functional groups attached to an aromatic ring is 1. The van der Waals surface area contributed by atoms with E-state index in [1.165, 1.54) is 12.1 Å². The van der Waals surface area contributed by atoms with Gasteiger partial charge in [0, 0.05) is 11.8 Å². The third-order valence-corrected chi connectivity index (χ3v) is 2.71. The maximum atomic E-state index is 12.9. The minimum Gasteiger partial charge on any atom is -0.457 e. The Bertz CT molecular complexity index is 664. The molecule has 118 valence electrons. The summed E-state index contributed by atoms with van der Waals surface area (Å²) in [5.41, 5.74) is 0.311. The lowest BCUT2D eigenvalue weighted by atomic mass is 10.0. The summed E-state index contributed by atoms with van der Waals surface area (Å²) in [7, 11) is 0. The van der Waals surface area contributed by atoms with Gasteiger partial charge in [0.15, 0.2) is 0 Å². The Morgan fingerprint density at radius 3 is 1.86 bits per heavy atom. The smallest absolute Gasteiger partial charge is 0.418 e. The Labute approximate surface area is 121 Å². The fourth-order valence-corrected chi connectivity index (χ4v) is 1.86. The van der Waals surface area contributed by atoms with E-state index in [1.54, 1.807) is 18.2 Å². The molecule has 0 atom stereocenters. The highest BCUT2D eigenvalue weighted by Crippen LogP contribution is 2.45. The average molecular weight is 321 g/mol. The van der Waals surface area contributed by atoms with Crippen LogP contribution in [0, 0.1) is 0 Å². The zero-order valence-corrected chi connectivity index (χ0v) is 10.8. The fourth-order valence-electron chi connectivity index (χ4n) is 1.86. The molecule has 0 aromatic heterocycles. The molecule has 2 aromatic carbocycles. The van der Waals surface area contributed by atoms with Gasteiger partial charge in [-0.2, -0.15) is 26.3 Å². The lowest BCUT2D eigenvalue weighted by molar-refractivity contribution is -0.161. The van der Waals surface area contributed by atoms with Crippen molar-refractivity contribution in [1.29, 1.82) is 0 Å². The van der Waals surface area contributed by atoms with Crippen molar-refractivity contribution in [2.75, 3.05) is 5.73 Å². The second-order valence-electron chi connectivity index (χ2n) is 4.35. The predicted octanol–water partition coefficient (Wildman–Crippen LogP) is 5.10. The monoisotopic (exact) mass is 321 g/mol. The van der Waals surface area contributed by atoms with Gasteiger partial charge in [0.1, 0.15) is 11.5 Å². The zero-order chi connectivity index (χ0) is 16.5. The van der Waals surface area contributed by atoms with Crippen LogP contribution < -0.4 is 10.5 Å². The molecule has 0 spiro atoms. The summed E-state index contributed by atoms with van der Waals surface area (Å²) in [5.74, 6) is -0.251. The Morgan fingerprint density at radius 2 is 1.36 bits per heavy atom. The lowest BCUT2D eigenvalue weighted by Gasteiger charge is -2.19. The van der Waals surface area contributed by atoms with E-state index in [2.05, 4.69) is 0 Å². The summed E-state index contributed by atoms with van der Waals surface area (Å²) in [6.45, 7) is 0. The van der Waals surface area contributed by atoms with Gasteiger partial charge in [0.2, 0.25) is 0 Å². The van der Waals surface area contributed by atoms with Crippen molar-refractivity contribution >= 4 is 5.69 Å². The minimum atomic E-state index is -5.22. The van der Waals surface area contributed by atoms with E-state index in [4.69, 9.17) is 10.5 Å². The van der Waals surface area contributed by atoms with E-state index < -0.39 is 34.9 Å². The van der Waals surface area contributed by atoms with E-state index in [-0.39, 0.29) is 11.8 Å². The number of ether oxygens (including phenoxy) is 1. The van der Waals surface area contributed by atoms with Crippen molar-refractivity contribution < 1.29 is 31.1 Å². The molecule has 8 heteroatoms. The number of para-hydroxylation sites is 1. The van der Waals surface area contributed by atoms with E-state index in [9.17, 15) is 26.3 Å². The maximum Gasteiger partial charge on any atom is 0.418 e. The number of alkyl halides is 6. The van der Waals surface area contributed by atoms with Gasteiger partial charge in [-0.05, 0) is 18.2 Å². The number of rotatable bonds is 2. The maximum absolute atomic E-state index is 12.9. The van der Waals surface area contributed by atoms with Crippen molar-refractivity contribution in [1.82, 2.24) is 0 Å². The van der Waals surface area contributed by atoms with Crippen LogP contribution in [0.25, 0.3) is 0 Å². The molecular weight excluding hydrogens is 312 g/mol. The van der Waals surface area contributed by atoms with E-state index in [0.29, 0.717) is 6.07 Å². The van der Waals surface area contributed by atoms with Crippen molar-refractivity contribution in [2.24, 2.45) is 0 Å². The molecule has 0 fully saturated rings. The highest BCUT2D eigenvalue weighted by Gasteiger charge is 2.45. The molecule has 2 aromatic rings. The van der Waals surface area contributed by atoms with Crippen molar-refractivity contribution in [3.8, 4) is 11.5 Å². The molecule has 0 saturated heterocycles. The Kier molecular flexibility index (Phi) is 3.95. The first-order chi connectivity index (χ1) is 10.1. The highest BCUT2D eigenvalue weighted by molar-refractivity contribution is 5.58. The number of halogens is 6. The molecule has 0 saturated carbocycles. The van der Waals surface area contributed by atoms with Crippen molar-refractivity contribution in [3.63, 3.8) is 0 Å². The van der Waals surface area contributed by atoms with Crippen LogP contribution in [0.5, 0.6) is 11.5 Å². The molecular formula is C14H9F6NO.